The van der Waals surface area contributed by atoms with Crippen LogP contribution < -0.4 is 14.2 Å². The monoisotopic (exact) mass is 481 g/mol. The van der Waals surface area contributed by atoms with Crippen LogP contribution >= 0.6 is 0 Å². The van der Waals surface area contributed by atoms with E-state index in [9.17, 15) is 14.7 Å². The predicted molar refractivity (Wildman–Crippen MR) is 135 cm³/mol. The summed E-state index contributed by atoms with van der Waals surface area (Å²) in [5.41, 5.74) is 1.81. The van der Waals surface area contributed by atoms with E-state index in [0.29, 0.717) is 47.9 Å². The molecule has 0 saturated carbocycles. The maximum atomic E-state index is 13.3. The van der Waals surface area contributed by atoms with E-state index in [1.54, 1.807) is 31.4 Å². The Bertz CT molecular complexity index is 1140. The lowest BCUT2D eigenvalue weighted by atomic mass is 9.85. The predicted octanol–water partition coefficient (Wildman–Crippen LogP) is 5.23. The molecule has 3 rings (SSSR count). The summed E-state index contributed by atoms with van der Waals surface area (Å²) in [4.78, 5) is 27.9. The molecule has 2 aromatic rings. The summed E-state index contributed by atoms with van der Waals surface area (Å²) < 4.78 is 16.6. The summed E-state index contributed by atoms with van der Waals surface area (Å²) in [5, 5.41) is 11.5. The second-order valence-corrected chi connectivity index (χ2v) is 9.50. The van der Waals surface area contributed by atoms with Crippen LogP contribution in [0.4, 0.5) is 0 Å². The molecule has 0 aromatic heterocycles. The van der Waals surface area contributed by atoms with Crippen molar-refractivity contribution >= 4 is 17.4 Å². The van der Waals surface area contributed by atoms with Gasteiger partial charge in [-0.05, 0) is 54.2 Å². The van der Waals surface area contributed by atoms with Gasteiger partial charge in [0.05, 0.1) is 38.0 Å². The van der Waals surface area contributed by atoms with Gasteiger partial charge in [-0.25, -0.2) is 0 Å². The van der Waals surface area contributed by atoms with Crippen LogP contribution in [0.25, 0.3) is 5.76 Å². The SMILES string of the molecule is CCCN1C(=O)C(=O)/C(=C(/O)c2cc(C(C)(C)C)ccc2OC)C1c1ccc(OC)c(OCC)c1. The van der Waals surface area contributed by atoms with Crippen molar-refractivity contribution in [3.63, 3.8) is 0 Å². The molecule has 1 heterocycles. The lowest BCUT2D eigenvalue weighted by Gasteiger charge is -2.26. The summed E-state index contributed by atoms with van der Waals surface area (Å²) in [7, 11) is 3.06. The molecule has 1 atom stereocenters. The average Bonchev–Trinajstić information content (AvgIpc) is 3.08. The van der Waals surface area contributed by atoms with Crippen LogP contribution in [0.5, 0.6) is 17.2 Å². The molecule has 188 valence electrons. The standard InChI is InChI=1S/C28H35NO6/c1-8-14-29-24(17-10-12-21(34-7)22(15-17)35-9-2)23(26(31)27(29)32)25(30)19-16-18(28(3,4)5)11-13-20(19)33-6/h10-13,15-16,24,30H,8-9,14H2,1-7H3/b25-23+. The van der Waals surface area contributed by atoms with Gasteiger partial charge in [-0.1, -0.05) is 39.8 Å². The van der Waals surface area contributed by atoms with E-state index in [1.165, 1.54) is 12.0 Å². The van der Waals surface area contributed by atoms with Gasteiger partial charge in [-0.3, -0.25) is 9.59 Å². The molecule has 7 nitrogen and oxygen atoms in total. The molecule has 35 heavy (non-hydrogen) atoms. The maximum Gasteiger partial charge on any atom is 0.295 e. The number of benzene rings is 2. The van der Waals surface area contributed by atoms with Crippen LogP contribution in [0.1, 0.15) is 63.8 Å². The number of carbonyl (C=O) groups is 2. The highest BCUT2D eigenvalue weighted by Gasteiger charge is 2.46. The van der Waals surface area contributed by atoms with E-state index in [4.69, 9.17) is 14.2 Å². The molecule has 1 amide bonds. The van der Waals surface area contributed by atoms with Gasteiger partial charge >= 0.3 is 0 Å². The van der Waals surface area contributed by atoms with Gasteiger partial charge in [0.15, 0.2) is 11.5 Å². The molecule has 0 radical (unpaired) electrons. The summed E-state index contributed by atoms with van der Waals surface area (Å²) in [6.07, 6.45) is 0.654. The molecule has 1 unspecified atom stereocenters. The number of ketones is 1. The van der Waals surface area contributed by atoms with Crippen LogP contribution in [0.3, 0.4) is 0 Å². The van der Waals surface area contributed by atoms with Gasteiger partial charge in [0.1, 0.15) is 11.5 Å². The van der Waals surface area contributed by atoms with Gasteiger partial charge < -0.3 is 24.2 Å². The Kier molecular flexibility index (Phi) is 7.78. The number of Topliss-reactive ketones (excluding diaryl/α,β-unsaturated/α-hetero) is 1. The Hall–Kier alpha value is -3.48. The molecule has 1 N–H and O–H groups in total. The van der Waals surface area contributed by atoms with Gasteiger partial charge in [0.2, 0.25) is 0 Å². The second-order valence-electron chi connectivity index (χ2n) is 9.50. The lowest BCUT2D eigenvalue weighted by molar-refractivity contribution is -0.139. The average molecular weight is 482 g/mol. The van der Waals surface area contributed by atoms with Crippen molar-refractivity contribution in [1.82, 2.24) is 4.90 Å². The number of nitrogens with zero attached hydrogens (tertiary/aromatic N) is 1. The van der Waals surface area contributed by atoms with Gasteiger partial charge in [0, 0.05) is 6.54 Å². The fraction of sp³-hybridized carbons (Fsp3) is 0.429. The molecule has 1 saturated heterocycles. The Balaban J connectivity index is 2.29. The fourth-order valence-corrected chi connectivity index (χ4v) is 4.33. The van der Waals surface area contributed by atoms with E-state index in [-0.39, 0.29) is 16.7 Å². The summed E-state index contributed by atoms with van der Waals surface area (Å²) in [6, 6.07) is 10.0. The number of aliphatic hydroxyl groups is 1. The van der Waals surface area contributed by atoms with E-state index in [2.05, 4.69) is 20.8 Å². The highest BCUT2D eigenvalue weighted by molar-refractivity contribution is 6.46. The quantitative estimate of drug-likeness (QED) is 0.316. The van der Waals surface area contributed by atoms with Crippen molar-refractivity contribution in [1.29, 1.82) is 0 Å². The minimum absolute atomic E-state index is 0.0282. The third-order valence-electron chi connectivity index (χ3n) is 6.13. The van der Waals surface area contributed by atoms with E-state index < -0.39 is 17.7 Å². The van der Waals surface area contributed by atoms with Crippen LogP contribution in [0.15, 0.2) is 42.0 Å². The van der Waals surface area contributed by atoms with Crippen molar-refractivity contribution in [2.75, 3.05) is 27.4 Å². The fourth-order valence-electron chi connectivity index (χ4n) is 4.33. The van der Waals surface area contributed by atoms with E-state index >= 15 is 0 Å². The number of ether oxygens (including phenoxy) is 3. The first-order valence-electron chi connectivity index (χ1n) is 11.9. The lowest BCUT2D eigenvalue weighted by Crippen LogP contribution is -2.30. The Morgan fingerprint density at radius 1 is 0.971 bits per heavy atom. The molecule has 1 aliphatic rings. The summed E-state index contributed by atoms with van der Waals surface area (Å²) in [6.45, 7) is 10.8. The number of hydrogen-bond acceptors (Lipinski definition) is 6. The molecule has 2 aromatic carbocycles. The van der Waals surface area contributed by atoms with Crippen molar-refractivity contribution < 1.29 is 28.9 Å². The van der Waals surface area contributed by atoms with E-state index in [0.717, 1.165) is 5.56 Å². The third kappa shape index (κ3) is 4.99. The molecular formula is C28H35NO6. The zero-order valence-electron chi connectivity index (χ0n) is 21.6. The first-order chi connectivity index (χ1) is 16.6. The van der Waals surface area contributed by atoms with Crippen molar-refractivity contribution in [2.45, 2.75) is 52.5 Å². The number of carbonyl (C=O) groups excluding carboxylic acids is 2. The molecule has 0 aliphatic carbocycles. The Labute approximate surface area is 207 Å². The van der Waals surface area contributed by atoms with Crippen molar-refractivity contribution in [2.24, 2.45) is 0 Å². The number of hydrogen-bond donors (Lipinski definition) is 1. The molecule has 7 heteroatoms. The van der Waals surface area contributed by atoms with Gasteiger partial charge in [-0.15, -0.1) is 0 Å². The highest BCUT2D eigenvalue weighted by atomic mass is 16.5. The van der Waals surface area contributed by atoms with Crippen molar-refractivity contribution in [3.8, 4) is 17.2 Å². The van der Waals surface area contributed by atoms with Crippen LogP contribution in [-0.4, -0.2) is 49.1 Å². The van der Waals surface area contributed by atoms with Crippen LogP contribution in [0, 0.1) is 0 Å². The Morgan fingerprint density at radius 2 is 1.63 bits per heavy atom. The molecule has 0 spiro atoms. The topological polar surface area (TPSA) is 85.3 Å². The van der Waals surface area contributed by atoms with Gasteiger partial charge in [-0.2, -0.15) is 0 Å². The minimum Gasteiger partial charge on any atom is -0.507 e. The molecular weight excluding hydrogens is 446 g/mol. The molecule has 0 bridgehead atoms. The molecule has 1 aliphatic heterocycles. The van der Waals surface area contributed by atoms with Crippen LogP contribution in [0.2, 0.25) is 0 Å². The highest BCUT2D eigenvalue weighted by Crippen LogP contribution is 2.43. The van der Waals surface area contributed by atoms with Crippen molar-refractivity contribution in [3.05, 3.63) is 58.7 Å². The zero-order valence-corrected chi connectivity index (χ0v) is 21.6. The number of aliphatic hydroxyl groups excluding tert-OH is 1. The number of likely N-dealkylation sites (tertiary alicyclic amines) is 1. The normalized spacial score (nSPS) is 17.6. The number of rotatable bonds is 8. The number of amides is 1. The smallest absolute Gasteiger partial charge is 0.295 e. The first kappa shape index (κ1) is 26.1. The first-order valence-corrected chi connectivity index (χ1v) is 11.9. The number of methoxy groups -OCH3 is 2. The zero-order chi connectivity index (χ0) is 25.9. The minimum atomic E-state index is -0.775. The maximum absolute atomic E-state index is 13.3. The third-order valence-corrected chi connectivity index (χ3v) is 6.13. The summed E-state index contributed by atoms with van der Waals surface area (Å²) in [5.74, 6) is -0.162. The second kappa shape index (κ2) is 10.4. The largest absolute Gasteiger partial charge is 0.507 e. The van der Waals surface area contributed by atoms with Crippen LogP contribution in [-0.2, 0) is 15.0 Å². The summed E-state index contributed by atoms with van der Waals surface area (Å²) >= 11 is 0. The Morgan fingerprint density at radius 3 is 2.20 bits per heavy atom. The van der Waals surface area contributed by atoms with E-state index in [1.807, 2.05) is 26.0 Å². The van der Waals surface area contributed by atoms with Gasteiger partial charge in [0.25, 0.3) is 11.7 Å². The molecule has 1 fully saturated rings.